The molecule has 0 saturated heterocycles. The summed E-state index contributed by atoms with van der Waals surface area (Å²) in [6, 6.07) is 24.5. The first-order chi connectivity index (χ1) is 13.3. The van der Waals surface area contributed by atoms with Crippen molar-refractivity contribution in [3.63, 3.8) is 0 Å². The fourth-order valence-electron chi connectivity index (χ4n) is 3.78. The fourth-order valence-corrected chi connectivity index (χ4v) is 4.00. The molecule has 3 nitrogen and oxygen atoms in total. The lowest BCUT2D eigenvalue weighted by molar-refractivity contribution is 0.761. The van der Waals surface area contributed by atoms with E-state index in [1.165, 1.54) is 11.3 Å². The van der Waals surface area contributed by atoms with Crippen LogP contribution in [0.4, 0.5) is 11.5 Å². The highest BCUT2D eigenvalue weighted by Gasteiger charge is 2.22. The smallest absolute Gasteiger partial charge is 0.163 e. The first-order valence-electron chi connectivity index (χ1n) is 9.18. The van der Waals surface area contributed by atoms with Crippen LogP contribution in [0.5, 0.6) is 0 Å². The summed E-state index contributed by atoms with van der Waals surface area (Å²) in [5, 5.41) is 1.72. The van der Waals surface area contributed by atoms with Crippen LogP contribution in [-0.2, 0) is 6.42 Å². The van der Waals surface area contributed by atoms with Crippen molar-refractivity contribution in [2.45, 2.75) is 12.8 Å². The Kier molecular flexibility index (Phi) is 4.02. The number of anilines is 2. The number of aromatic nitrogens is 2. The quantitative estimate of drug-likeness (QED) is 0.430. The van der Waals surface area contributed by atoms with Crippen LogP contribution < -0.4 is 4.90 Å². The molecule has 0 aliphatic carbocycles. The molecule has 0 atom stereocenters. The zero-order valence-corrected chi connectivity index (χ0v) is 15.5. The van der Waals surface area contributed by atoms with E-state index in [0.717, 1.165) is 41.7 Å². The molecule has 5 rings (SSSR count). The molecule has 0 amide bonds. The van der Waals surface area contributed by atoms with Gasteiger partial charge in [0.05, 0.1) is 10.5 Å². The lowest BCUT2D eigenvalue weighted by atomic mass is 10.0. The van der Waals surface area contributed by atoms with Gasteiger partial charge in [0.25, 0.3) is 0 Å². The molecule has 4 heteroatoms. The number of aryl methyl sites for hydroxylation is 1. The third-order valence-corrected chi connectivity index (χ3v) is 5.39. The van der Waals surface area contributed by atoms with E-state index in [-0.39, 0.29) is 0 Å². The van der Waals surface area contributed by atoms with Gasteiger partial charge in [0.15, 0.2) is 5.82 Å². The SMILES string of the molecule is Clc1ccccc1-c1nc(N2CCCc3ccccc32)c2ccccc2n1. The number of para-hydroxylation sites is 2. The Morgan fingerprint density at radius 3 is 2.52 bits per heavy atom. The van der Waals surface area contributed by atoms with Crippen molar-refractivity contribution in [3.8, 4) is 11.4 Å². The van der Waals surface area contributed by atoms with Gasteiger partial charge in [-0.05, 0) is 48.7 Å². The Balaban J connectivity index is 1.76. The molecule has 0 radical (unpaired) electrons. The maximum absolute atomic E-state index is 6.44. The predicted molar refractivity (Wildman–Crippen MR) is 112 cm³/mol. The first-order valence-corrected chi connectivity index (χ1v) is 9.56. The highest BCUT2D eigenvalue weighted by atomic mass is 35.5. The van der Waals surface area contributed by atoms with E-state index in [1.807, 2.05) is 42.5 Å². The molecule has 0 fully saturated rings. The molecule has 1 aromatic heterocycles. The minimum absolute atomic E-state index is 0.664. The molecular formula is C23H18ClN3. The second-order valence-corrected chi connectivity index (χ2v) is 7.16. The van der Waals surface area contributed by atoms with E-state index >= 15 is 0 Å². The third-order valence-electron chi connectivity index (χ3n) is 5.06. The van der Waals surface area contributed by atoms with Crippen molar-refractivity contribution in [1.29, 1.82) is 0 Å². The van der Waals surface area contributed by atoms with Crippen molar-refractivity contribution in [2.75, 3.05) is 11.4 Å². The summed E-state index contributed by atoms with van der Waals surface area (Å²) in [5.41, 5.74) is 4.39. The molecule has 132 valence electrons. The summed E-state index contributed by atoms with van der Waals surface area (Å²) in [5.74, 6) is 1.61. The lowest BCUT2D eigenvalue weighted by Crippen LogP contribution is -2.25. The molecule has 3 aromatic carbocycles. The maximum atomic E-state index is 6.44. The van der Waals surface area contributed by atoms with Crippen molar-refractivity contribution >= 4 is 34.0 Å². The number of hydrogen-bond acceptors (Lipinski definition) is 3. The summed E-state index contributed by atoms with van der Waals surface area (Å²) >= 11 is 6.44. The van der Waals surface area contributed by atoms with Gasteiger partial charge >= 0.3 is 0 Å². The molecule has 0 bridgehead atoms. The van der Waals surface area contributed by atoms with Crippen molar-refractivity contribution < 1.29 is 0 Å². The van der Waals surface area contributed by atoms with Gasteiger partial charge in [0.1, 0.15) is 5.82 Å². The third kappa shape index (κ3) is 2.84. The Bertz CT molecular complexity index is 1140. The van der Waals surface area contributed by atoms with Gasteiger partial charge in [-0.25, -0.2) is 9.97 Å². The Hall–Kier alpha value is -2.91. The molecule has 1 aliphatic rings. The molecule has 0 N–H and O–H groups in total. The van der Waals surface area contributed by atoms with Crippen LogP contribution in [0, 0.1) is 0 Å². The fraction of sp³-hybridized carbons (Fsp3) is 0.130. The minimum Gasteiger partial charge on any atom is -0.325 e. The van der Waals surface area contributed by atoms with Gasteiger partial charge in [-0.3, -0.25) is 0 Å². The summed E-state index contributed by atoms with van der Waals surface area (Å²) < 4.78 is 0. The van der Waals surface area contributed by atoms with Crippen LogP contribution in [0.3, 0.4) is 0 Å². The average molecular weight is 372 g/mol. The Morgan fingerprint density at radius 1 is 0.815 bits per heavy atom. The largest absolute Gasteiger partial charge is 0.325 e. The standard InChI is InChI=1S/C23H18ClN3/c24-19-12-4-2-10-17(19)22-25-20-13-5-3-11-18(20)23(26-22)27-15-7-9-16-8-1-6-14-21(16)27/h1-6,8,10-14H,7,9,15H2. The Labute approximate surface area is 163 Å². The van der Waals surface area contributed by atoms with E-state index in [0.29, 0.717) is 10.8 Å². The maximum Gasteiger partial charge on any atom is 0.163 e. The predicted octanol–water partition coefficient (Wildman–Crippen LogP) is 6.03. The van der Waals surface area contributed by atoms with Crippen LogP contribution in [0.15, 0.2) is 72.8 Å². The second kappa shape index (κ2) is 6.67. The van der Waals surface area contributed by atoms with Gasteiger partial charge in [-0.15, -0.1) is 0 Å². The van der Waals surface area contributed by atoms with Gasteiger partial charge in [-0.2, -0.15) is 0 Å². The zero-order chi connectivity index (χ0) is 18.2. The average Bonchev–Trinajstić information content (AvgIpc) is 2.73. The lowest BCUT2D eigenvalue weighted by Gasteiger charge is -2.31. The molecule has 1 aliphatic heterocycles. The summed E-state index contributed by atoms with van der Waals surface area (Å²) in [7, 11) is 0. The zero-order valence-electron chi connectivity index (χ0n) is 14.8. The number of halogens is 1. The number of nitrogens with zero attached hydrogens (tertiary/aromatic N) is 3. The van der Waals surface area contributed by atoms with E-state index in [9.17, 15) is 0 Å². The summed E-state index contributed by atoms with van der Waals surface area (Å²) in [4.78, 5) is 12.1. The van der Waals surface area contributed by atoms with Crippen LogP contribution >= 0.6 is 11.6 Å². The second-order valence-electron chi connectivity index (χ2n) is 6.75. The molecule has 2 heterocycles. The Morgan fingerprint density at radius 2 is 1.59 bits per heavy atom. The highest BCUT2D eigenvalue weighted by molar-refractivity contribution is 6.33. The van der Waals surface area contributed by atoms with Gasteiger partial charge in [0.2, 0.25) is 0 Å². The van der Waals surface area contributed by atoms with Crippen LogP contribution in [0.25, 0.3) is 22.3 Å². The summed E-state index contributed by atoms with van der Waals surface area (Å²) in [6.07, 6.45) is 2.21. The van der Waals surface area contributed by atoms with Gasteiger partial charge < -0.3 is 4.90 Å². The van der Waals surface area contributed by atoms with E-state index < -0.39 is 0 Å². The number of rotatable bonds is 2. The first kappa shape index (κ1) is 16.3. The van der Waals surface area contributed by atoms with Crippen LogP contribution in [0.2, 0.25) is 5.02 Å². The van der Waals surface area contributed by atoms with Gasteiger partial charge in [0, 0.05) is 23.2 Å². The van der Waals surface area contributed by atoms with Crippen molar-refractivity contribution in [3.05, 3.63) is 83.4 Å². The van der Waals surface area contributed by atoms with Crippen molar-refractivity contribution in [1.82, 2.24) is 9.97 Å². The topological polar surface area (TPSA) is 29.0 Å². The highest BCUT2D eigenvalue weighted by Crippen LogP contribution is 2.37. The molecule has 27 heavy (non-hydrogen) atoms. The summed E-state index contributed by atoms with van der Waals surface area (Å²) in [6.45, 7) is 0.944. The van der Waals surface area contributed by atoms with Crippen LogP contribution in [-0.4, -0.2) is 16.5 Å². The molecule has 4 aromatic rings. The number of fused-ring (bicyclic) bond motifs is 2. The van der Waals surface area contributed by atoms with E-state index in [1.54, 1.807) is 0 Å². The van der Waals surface area contributed by atoms with E-state index in [4.69, 9.17) is 21.6 Å². The molecule has 0 spiro atoms. The van der Waals surface area contributed by atoms with Crippen LogP contribution in [0.1, 0.15) is 12.0 Å². The monoisotopic (exact) mass is 371 g/mol. The number of hydrogen-bond donors (Lipinski definition) is 0. The molecule has 0 unspecified atom stereocenters. The normalized spacial score (nSPS) is 13.6. The molecule has 0 saturated carbocycles. The van der Waals surface area contributed by atoms with Crippen molar-refractivity contribution in [2.24, 2.45) is 0 Å². The van der Waals surface area contributed by atoms with E-state index in [2.05, 4.69) is 35.2 Å². The number of benzene rings is 3. The van der Waals surface area contributed by atoms with Gasteiger partial charge in [-0.1, -0.05) is 54.1 Å². The molecular weight excluding hydrogens is 354 g/mol. The minimum atomic E-state index is 0.664.